The van der Waals surface area contributed by atoms with Gasteiger partial charge in [0.05, 0.1) is 16.6 Å². The smallest absolute Gasteiger partial charge is 0.0759 e. The molecule has 2 aliphatic rings. The molecule has 54 heavy (non-hydrogen) atoms. The molecule has 1 aromatic heterocycles. The van der Waals surface area contributed by atoms with E-state index in [1.54, 1.807) is 0 Å². The van der Waals surface area contributed by atoms with E-state index in [0.29, 0.717) is 0 Å². The maximum absolute atomic E-state index is 5.41. The first kappa shape index (κ1) is 31.0. The lowest BCUT2D eigenvalue weighted by Crippen LogP contribution is -2.28. The molecule has 1 nitrogen and oxygen atoms in total. The van der Waals surface area contributed by atoms with E-state index in [0.717, 1.165) is 11.2 Å². The molecule has 0 saturated heterocycles. The fraction of sp³-hybridized carbons (Fsp3) is 0.0755. The number of rotatable bonds is 4. The third kappa shape index (κ3) is 4.18. The van der Waals surface area contributed by atoms with Gasteiger partial charge in [-0.15, -0.1) is 0 Å². The largest absolute Gasteiger partial charge is 0.247 e. The number of hydrogen-bond acceptors (Lipinski definition) is 1. The first-order valence-electron chi connectivity index (χ1n) is 19.0. The second-order valence-corrected chi connectivity index (χ2v) is 15.4. The first-order chi connectivity index (χ1) is 26.5. The van der Waals surface area contributed by atoms with Gasteiger partial charge in [0.1, 0.15) is 0 Å². The van der Waals surface area contributed by atoms with Gasteiger partial charge < -0.3 is 0 Å². The van der Waals surface area contributed by atoms with Gasteiger partial charge in [-0.1, -0.05) is 190 Å². The van der Waals surface area contributed by atoms with Crippen molar-refractivity contribution >= 4 is 21.7 Å². The zero-order chi connectivity index (χ0) is 36.0. The molecule has 0 fully saturated rings. The molecule has 254 valence electrons. The highest BCUT2D eigenvalue weighted by Crippen LogP contribution is 2.57. The van der Waals surface area contributed by atoms with Crippen LogP contribution in [0.4, 0.5) is 0 Å². The molecule has 0 bridgehead atoms. The molecule has 0 spiro atoms. The monoisotopic (exact) mass is 687 g/mol. The maximum Gasteiger partial charge on any atom is 0.0759 e. The van der Waals surface area contributed by atoms with Crippen LogP contribution in [-0.4, -0.2) is 4.98 Å². The molecule has 0 amide bonds. The molecule has 0 radical (unpaired) electrons. The zero-order valence-corrected chi connectivity index (χ0v) is 30.3. The topological polar surface area (TPSA) is 12.9 Å². The summed E-state index contributed by atoms with van der Waals surface area (Å²) >= 11 is 0. The molecular formula is C53H37N. The van der Waals surface area contributed by atoms with Crippen molar-refractivity contribution in [3.63, 3.8) is 0 Å². The molecule has 1 heteroatoms. The first-order valence-corrected chi connectivity index (χ1v) is 19.0. The maximum atomic E-state index is 5.41. The van der Waals surface area contributed by atoms with Crippen LogP contribution in [-0.2, 0) is 10.8 Å². The molecule has 9 aromatic rings. The third-order valence-electron chi connectivity index (χ3n) is 12.3. The Labute approximate surface area is 316 Å². The SMILES string of the molecule is CC1(C)c2ccccc2-c2nc3ccc4ccccc4c3c(-c3ccc(-c4ccc5c(c4)C(c4ccccc4)(c4ccccc4)c4ccccc4-5)cc3)c21. The minimum atomic E-state index is -0.428. The second kappa shape index (κ2) is 11.5. The van der Waals surface area contributed by atoms with Crippen molar-refractivity contribution in [2.24, 2.45) is 0 Å². The number of nitrogens with zero attached hydrogens (tertiary/aromatic N) is 1. The van der Waals surface area contributed by atoms with E-state index in [2.05, 4.69) is 202 Å². The number of pyridine rings is 1. The molecule has 0 aliphatic heterocycles. The Bertz CT molecular complexity index is 2900. The highest BCUT2D eigenvalue weighted by Gasteiger charge is 2.46. The summed E-state index contributed by atoms with van der Waals surface area (Å²) in [5.41, 5.74) is 18.1. The summed E-state index contributed by atoms with van der Waals surface area (Å²) in [5.74, 6) is 0. The van der Waals surface area contributed by atoms with Crippen LogP contribution in [0, 0.1) is 0 Å². The molecule has 1 heterocycles. The number of aromatic nitrogens is 1. The molecule has 0 atom stereocenters. The normalized spacial score (nSPS) is 14.4. The Kier molecular flexibility index (Phi) is 6.58. The highest BCUT2D eigenvalue weighted by molar-refractivity contribution is 6.15. The van der Waals surface area contributed by atoms with E-state index >= 15 is 0 Å². The van der Waals surface area contributed by atoms with Gasteiger partial charge in [0.15, 0.2) is 0 Å². The van der Waals surface area contributed by atoms with E-state index in [1.165, 1.54) is 88.5 Å². The molecule has 11 rings (SSSR count). The quantitative estimate of drug-likeness (QED) is 0.168. The van der Waals surface area contributed by atoms with Gasteiger partial charge in [-0.3, -0.25) is 0 Å². The number of hydrogen-bond donors (Lipinski definition) is 0. The van der Waals surface area contributed by atoms with E-state index in [-0.39, 0.29) is 5.41 Å². The molecule has 0 unspecified atom stereocenters. The average Bonchev–Trinajstić information content (AvgIpc) is 3.66. The summed E-state index contributed by atoms with van der Waals surface area (Å²) in [5, 5.41) is 3.70. The lowest BCUT2D eigenvalue weighted by Gasteiger charge is -2.34. The second-order valence-electron chi connectivity index (χ2n) is 15.4. The van der Waals surface area contributed by atoms with Crippen LogP contribution < -0.4 is 0 Å². The minimum Gasteiger partial charge on any atom is -0.247 e. The van der Waals surface area contributed by atoms with Gasteiger partial charge in [0, 0.05) is 16.4 Å². The Balaban J connectivity index is 1.12. The predicted octanol–water partition coefficient (Wildman–Crippen LogP) is 13.4. The Hall–Kier alpha value is -6.57. The van der Waals surface area contributed by atoms with Gasteiger partial charge in [0.2, 0.25) is 0 Å². The fourth-order valence-corrected chi connectivity index (χ4v) is 9.95. The lowest BCUT2D eigenvalue weighted by molar-refractivity contribution is 0.662. The summed E-state index contributed by atoms with van der Waals surface area (Å²) in [4.78, 5) is 5.41. The summed E-state index contributed by atoms with van der Waals surface area (Å²) < 4.78 is 0. The van der Waals surface area contributed by atoms with E-state index in [9.17, 15) is 0 Å². The van der Waals surface area contributed by atoms with Crippen LogP contribution in [0.25, 0.3) is 66.3 Å². The summed E-state index contributed by atoms with van der Waals surface area (Å²) in [6.07, 6.45) is 0. The molecule has 2 aliphatic carbocycles. The molecule has 0 N–H and O–H groups in total. The van der Waals surface area contributed by atoms with Crippen molar-refractivity contribution in [3.8, 4) is 44.6 Å². The fourth-order valence-electron chi connectivity index (χ4n) is 9.95. The molecular weight excluding hydrogens is 651 g/mol. The predicted molar refractivity (Wildman–Crippen MR) is 225 cm³/mol. The van der Waals surface area contributed by atoms with Crippen LogP contribution in [0.2, 0.25) is 0 Å². The van der Waals surface area contributed by atoms with Crippen molar-refractivity contribution in [2.45, 2.75) is 24.7 Å². The lowest BCUT2D eigenvalue weighted by atomic mass is 9.67. The van der Waals surface area contributed by atoms with Crippen molar-refractivity contribution in [3.05, 3.63) is 221 Å². The Morgan fingerprint density at radius 2 is 1.00 bits per heavy atom. The Morgan fingerprint density at radius 1 is 0.426 bits per heavy atom. The van der Waals surface area contributed by atoms with E-state index in [1.807, 2.05) is 0 Å². The molecule has 0 saturated carbocycles. The molecule has 8 aromatic carbocycles. The number of benzene rings is 8. The van der Waals surface area contributed by atoms with Crippen molar-refractivity contribution in [2.75, 3.05) is 0 Å². The van der Waals surface area contributed by atoms with Gasteiger partial charge in [-0.05, 0) is 89.7 Å². The minimum absolute atomic E-state index is 0.203. The highest BCUT2D eigenvalue weighted by atomic mass is 14.7. The van der Waals surface area contributed by atoms with Gasteiger partial charge in [0.25, 0.3) is 0 Å². The van der Waals surface area contributed by atoms with E-state index in [4.69, 9.17) is 4.98 Å². The van der Waals surface area contributed by atoms with Gasteiger partial charge in [-0.25, -0.2) is 4.98 Å². The van der Waals surface area contributed by atoms with Gasteiger partial charge >= 0.3 is 0 Å². The average molecular weight is 688 g/mol. The standard InChI is InChI=1S/C53H37N/c1-52(2)44-23-13-12-22-43(44)51-50(52)48(49-40-20-10-9-15-35(40)30-32-47(49)54-51)36-27-25-34(26-28-36)37-29-31-42-41-21-11-14-24-45(41)53(46(42)33-37,38-16-5-3-6-17-38)39-18-7-4-8-19-39/h3-33H,1-2H3. The van der Waals surface area contributed by atoms with Crippen molar-refractivity contribution in [1.29, 1.82) is 0 Å². The van der Waals surface area contributed by atoms with Crippen LogP contribution in [0.3, 0.4) is 0 Å². The van der Waals surface area contributed by atoms with Crippen LogP contribution >= 0.6 is 0 Å². The summed E-state index contributed by atoms with van der Waals surface area (Å²) in [6.45, 7) is 4.73. The summed E-state index contributed by atoms with van der Waals surface area (Å²) in [7, 11) is 0. The van der Waals surface area contributed by atoms with Crippen molar-refractivity contribution < 1.29 is 0 Å². The van der Waals surface area contributed by atoms with E-state index < -0.39 is 5.41 Å². The van der Waals surface area contributed by atoms with Gasteiger partial charge in [-0.2, -0.15) is 0 Å². The zero-order valence-electron chi connectivity index (χ0n) is 30.3. The Morgan fingerprint density at radius 3 is 1.74 bits per heavy atom. The van der Waals surface area contributed by atoms with Crippen LogP contribution in [0.1, 0.15) is 47.2 Å². The third-order valence-corrected chi connectivity index (χ3v) is 12.3. The summed E-state index contributed by atoms with van der Waals surface area (Å²) in [6, 6.07) is 69.5. The van der Waals surface area contributed by atoms with Crippen LogP contribution in [0.15, 0.2) is 188 Å². The van der Waals surface area contributed by atoms with Crippen molar-refractivity contribution in [1.82, 2.24) is 4.98 Å². The van der Waals surface area contributed by atoms with Crippen LogP contribution in [0.5, 0.6) is 0 Å². The number of fused-ring (bicyclic) bond motifs is 9.